The summed E-state index contributed by atoms with van der Waals surface area (Å²) in [5, 5.41) is 9.02. The van der Waals surface area contributed by atoms with E-state index in [1.54, 1.807) is 0 Å². The van der Waals surface area contributed by atoms with Crippen LogP contribution in [0.3, 0.4) is 0 Å². The van der Waals surface area contributed by atoms with E-state index < -0.39 is 0 Å². The van der Waals surface area contributed by atoms with Gasteiger partial charge in [0.15, 0.2) is 0 Å². The zero-order chi connectivity index (χ0) is 13.7. The SMILES string of the molecule is N#CCC(c1ccccc1)N1CCC(C(N)=O)CC1. The van der Waals surface area contributed by atoms with Gasteiger partial charge in [-0.1, -0.05) is 30.3 Å². The van der Waals surface area contributed by atoms with E-state index in [9.17, 15) is 4.79 Å². The largest absolute Gasteiger partial charge is 0.369 e. The fraction of sp³-hybridized carbons (Fsp3) is 0.467. The van der Waals surface area contributed by atoms with Gasteiger partial charge < -0.3 is 5.73 Å². The molecule has 19 heavy (non-hydrogen) atoms. The molecular formula is C15H19N3O. The van der Waals surface area contributed by atoms with Gasteiger partial charge in [-0.05, 0) is 31.5 Å². The van der Waals surface area contributed by atoms with Gasteiger partial charge in [-0.3, -0.25) is 9.69 Å². The molecular weight excluding hydrogens is 238 g/mol. The van der Waals surface area contributed by atoms with Crippen LogP contribution in [0, 0.1) is 17.2 Å². The van der Waals surface area contributed by atoms with Gasteiger partial charge in [0.05, 0.1) is 12.5 Å². The molecule has 1 atom stereocenters. The molecule has 0 saturated carbocycles. The van der Waals surface area contributed by atoms with Crippen molar-refractivity contribution < 1.29 is 4.79 Å². The third-order valence-electron chi connectivity index (χ3n) is 3.84. The normalized spacial score (nSPS) is 18.7. The summed E-state index contributed by atoms with van der Waals surface area (Å²) >= 11 is 0. The Bertz CT molecular complexity index is 458. The summed E-state index contributed by atoms with van der Waals surface area (Å²) in [6, 6.07) is 12.5. The summed E-state index contributed by atoms with van der Waals surface area (Å²) in [5.41, 5.74) is 6.52. The predicted octanol–water partition coefficient (Wildman–Crippen LogP) is 1.84. The minimum Gasteiger partial charge on any atom is -0.369 e. The van der Waals surface area contributed by atoms with E-state index in [0.717, 1.165) is 25.9 Å². The maximum atomic E-state index is 11.2. The van der Waals surface area contributed by atoms with Gasteiger partial charge in [-0.25, -0.2) is 0 Å². The molecule has 0 aliphatic carbocycles. The predicted molar refractivity (Wildman–Crippen MR) is 72.9 cm³/mol. The Balaban J connectivity index is 2.06. The summed E-state index contributed by atoms with van der Waals surface area (Å²) in [6.45, 7) is 1.66. The Morgan fingerprint density at radius 1 is 1.37 bits per heavy atom. The third-order valence-corrected chi connectivity index (χ3v) is 3.84. The van der Waals surface area contributed by atoms with Gasteiger partial charge in [0.2, 0.25) is 5.91 Å². The number of primary amides is 1. The summed E-state index contributed by atoms with van der Waals surface area (Å²) in [7, 11) is 0. The molecule has 0 aromatic heterocycles. The number of carbonyl (C=O) groups excluding carboxylic acids is 1. The lowest BCUT2D eigenvalue weighted by Gasteiger charge is -2.36. The van der Waals surface area contributed by atoms with Crippen LogP contribution in [0.25, 0.3) is 0 Å². The molecule has 1 aromatic carbocycles. The molecule has 1 aromatic rings. The number of rotatable bonds is 4. The summed E-state index contributed by atoms with van der Waals surface area (Å²) in [5.74, 6) is -0.203. The Morgan fingerprint density at radius 2 is 2.00 bits per heavy atom. The van der Waals surface area contributed by atoms with Crippen LogP contribution in [0.2, 0.25) is 0 Å². The molecule has 0 spiro atoms. The third kappa shape index (κ3) is 3.33. The zero-order valence-corrected chi connectivity index (χ0v) is 11.0. The smallest absolute Gasteiger partial charge is 0.220 e. The highest BCUT2D eigenvalue weighted by Gasteiger charge is 2.28. The average molecular weight is 257 g/mol. The van der Waals surface area contributed by atoms with Crippen molar-refractivity contribution in [2.45, 2.75) is 25.3 Å². The number of nitrogens with zero attached hydrogens (tertiary/aromatic N) is 2. The van der Waals surface area contributed by atoms with Crippen molar-refractivity contribution >= 4 is 5.91 Å². The van der Waals surface area contributed by atoms with Crippen LogP contribution in [0.5, 0.6) is 0 Å². The second kappa shape index (κ2) is 6.35. The van der Waals surface area contributed by atoms with Crippen LogP contribution in [-0.2, 0) is 4.79 Å². The minimum absolute atomic E-state index is 0.00485. The van der Waals surface area contributed by atoms with Crippen molar-refractivity contribution in [2.75, 3.05) is 13.1 Å². The van der Waals surface area contributed by atoms with Crippen molar-refractivity contribution in [3.8, 4) is 6.07 Å². The van der Waals surface area contributed by atoms with Crippen molar-refractivity contribution in [3.63, 3.8) is 0 Å². The van der Waals surface area contributed by atoms with E-state index in [0.29, 0.717) is 6.42 Å². The molecule has 0 radical (unpaired) electrons. The first kappa shape index (κ1) is 13.6. The topological polar surface area (TPSA) is 70.1 Å². The molecule has 1 unspecified atom stereocenters. The summed E-state index contributed by atoms with van der Waals surface area (Å²) in [4.78, 5) is 13.5. The first-order chi connectivity index (χ1) is 9.22. The quantitative estimate of drug-likeness (QED) is 0.894. The van der Waals surface area contributed by atoms with E-state index in [2.05, 4.69) is 23.1 Å². The number of benzene rings is 1. The van der Waals surface area contributed by atoms with Crippen LogP contribution in [-0.4, -0.2) is 23.9 Å². The number of piperidine rings is 1. The fourth-order valence-electron chi connectivity index (χ4n) is 2.72. The molecule has 1 fully saturated rings. The van der Waals surface area contributed by atoms with E-state index in [4.69, 9.17) is 11.0 Å². The molecule has 0 bridgehead atoms. The van der Waals surface area contributed by atoms with Crippen molar-refractivity contribution in [3.05, 3.63) is 35.9 Å². The molecule has 1 saturated heterocycles. The zero-order valence-electron chi connectivity index (χ0n) is 11.0. The van der Waals surface area contributed by atoms with Crippen LogP contribution in [0.15, 0.2) is 30.3 Å². The van der Waals surface area contributed by atoms with Crippen molar-refractivity contribution in [1.29, 1.82) is 5.26 Å². The number of nitriles is 1. The molecule has 1 aliphatic rings. The van der Waals surface area contributed by atoms with Gasteiger partial charge in [0, 0.05) is 12.0 Å². The molecule has 100 valence electrons. The van der Waals surface area contributed by atoms with E-state index in [1.807, 2.05) is 18.2 Å². The van der Waals surface area contributed by atoms with Crippen LogP contribution < -0.4 is 5.73 Å². The van der Waals surface area contributed by atoms with Crippen LogP contribution in [0.4, 0.5) is 0 Å². The Labute approximate surface area is 113 Å². The first-order valence-electron chi connectivity index (χ1n) is 6.67. The number of hydrogen-bond donors (Lipinski definition) is 1. The molecule has 1 amide bonds. The monoisotopic (exact) mass is 257 g/mol. The Hall–Kier alpha value is -1.86. The maximum absolute atomic E-state index is 11.2. The van der Waals surface area contributed by atoms with Gasteiger partial charge in [-0.2, -0.15) is 5.26 Å². The van der Waals surface area contributed by atoms with Gasteiger partial charge in [0.1, 0.15) is 0 Å². The number of hydrogen-bond acceptors (Lipinski definition) is 3. The Morgan fingerprint density at radius 3 is 2.53 bits per heavy atom. The number of carbonyl (C=O) groups is 1. The second-order valence-electron chi connectivity index (χ2n) is 5.00. The lowest BCUT2D eigenvalue weighted by Crippen LogP contribution is -2.40. The van der Waals surface area contributed by atoms with E-state index >= 15 is 0 Å². The lowest BCUT2D eigenvalue weighted by atomic mass is 9.93. The summed E-state index contributed by atoms with van der Waals surface area (Å²) < 4.78 is 0. The molecule has 2 N–H and O–H groups in total. The highest BCUT2D eigenvalue weighted by Crippen LogP contribution is 2.28. The number of nitrogens with two attached hydrogens (primary N) is 1. The van der Waals surface area contributed by atoms with Gasteiger partial charge in [-0.15, -0.1) is 0 Å². The molecule has 1 heterocycles. The first-order valence-corrected chi connectivity index (χ1v) is 6.67. The van der Waals surface area contributed by atoms with Crippen LogP contribution >= 0.6 is 0 Å². The second-order valence-corrected chi connectivity index (χ2v) is 5.00. The highest BCUT2D eigenvalue weighted by atomic mass is 16.1. The lowest BCUT2D eigenvalue weighted by molar-refractivity contribution is -0.123. The van der Waals surface area contributed by atoms with E-state index in [-0.39, 0.29) is 17.9 Å². The average Bonchev–Trinajstić information content (AvgIpc) is 2.46. The summed E-state index contributed by atoms with van der Waals surface area (Å²) in [6.07, 6.45) is 2.07. The number of likely N-dealkylation sites (tertiary alicyclic amines) is 1. The molecule has 2 rings (SSSR count). The van der Waals surface area contributed by atoms with Crippen molar-refractivity contribution in [2.24, 2.45) is 11.7 Å². The fourth-order valence-corrected chi connectivity index (χ4v) is 2.72. The van der Waals surface area contributed by atoms with Crippen molar-refractivity contribution in [1.82, 2.24) is 4.90 Å². The molecule has 1 aliphatic heterocycles. The Kier molecular flexibility index (Phi) is 4.53. The van der Waals surface area contributed by atoms with Gasteiger partial charge >= 0.3 is 0 Å². The molecule has 4 nitrogen and oxygen atoms in total. The standard InChI is InChI=1S/C15H19N3O/c16-9-6-14(12-4-2-1-3-5-12)18-10-7-13(8-11-18)15(17)19/h1-5,13-14H,6-8,10-11H2,(H2,17,19). The maximum Gasteiger partial charge on any atom is 0.220 e. The van der Waals surface area contributed by atoms with Gasteiger partial charge in [0.25, 0.3) is 0 Å². The van der Waals surface area contributed by atoms with E-state index in [1.165, 1.54) is 5.56 Å². The molecule has 4 heteroatoms. The minimum atomic E-state index is -0.198. The highest BCUT2D eigenvalue weighted by molar-refractivity contribution is 5.76. The number of amides is 1. The van der Waals surface area contributed by atoms with Crippen LogP contribution in [0.1, 0.15) is 30.9 Å².